The number of carbonyl (C=O) groups is 4. The van der Waals surface area contributed by atoms with Crippen molar-refractivity contribution >= 4 is 23.8 Å². The molecule has 20 heavy (non-hydrogen) atoms. The SMILES string of the molecule is CC1(C)C(=O)NC(=O)CN1C(=O)NCC[C@H](O)C(=O)O. The molecule has 112 valence electrons. The zero-order valence-electron chi connectivity index (χ0n) is 11.2. The summed E-state index contributed by atoms with van der Waals surface area (Å²) < 4.78 is 0. The highest BCUT2D eigenvalue weighted by Gasteiger charge is 2.43. The summed E-state index contributed by atoms with van der Waals surface area (Å²) in [6.07, 6.45) is -1.75. The second-order valence-corrected chi connectivity index (χ2v) is 4.90. The fourth-order valence-corrected chi connectivity index (χ4v) is 1.64. The van der Waals surface area contributed by atoms with Gasteiger partial charge in [0.1, 0.15) is 12.1 Å². The second-order valence-electron chi connectivity index (χ2n) is 4.90. The third-order valence-electron chi connectivity index (χ3n) is 3.01. The predicted molar refractivity (Wildman–Crippen MR) is 65.6 cm³/mol. The van der Waals surface area contributed by atoms with Gasteiger partial charge in [0.25, 0.3) is 5.91 Å². The van der Waals surface area contributed by atoms with Crippen LogP contribution in [0.25, 0.3) is 0 Å². The number of urea groups is 1. The molecule has 1 aliphatic rings. The van der Waals surface area contributed by atoms with Crippen LogP contribution in [-0.4, -0.2) is 63.7 Å². The first-order valence-corrected chi connectivity index (χ1v) is 5.97. The zero-order valence-corrected chi connectivity index (χ0v) is 11.2. The number of rotatable bonds is 4. The number of imide groups is 1. The highest BCUT2D eigenvalue weighted by molar-refractivity contribution is 6.05. The van der Waals surface area contributed by atoms with Crippen LogP contribution in [0.4, 0.5) is 4.79 Å². The first-order chi connectivity index (χ1) is 9.16. The molecule has 0 radical (unpaired) electrons. The number of piperazine rings is 1. The van der Waals surface area contributed by atoms with Crippen molar-refractivity contribution in [2.24, 2.45) is 0 Å². The molecule has 0 bridgehead atoms. The second kappa shape index (κ2) is 5.87. The molecule has 1 atom stereocenters. The molecule has 1 rings (SSSR count). The third kappa shape index (κ3) is 3.44. The number of amides is 4. The van der Waals surface area contributed by atoms with Gasteiger partial charge in [-0.25, -0.2) is 9.59 Å². The molecule has 0 unspecified atom stereocenters. The number of aliphatic carboxylic acids is 1. The largest absolute Gasteiger partial charge is 0.479 e. The van der Waals surface area contributed by atoms with E-state index in [4.69, 9.17) is 10.2 Å². The van der Waals surface area contributed by atoms with Crippen molar-refractivity contribution in [3.8, 4) is 0 Å². The number of carbonyl (C=O) groups excluding carboxylic acids is 3. The topological polar surface area (TPSA) is 136 Å². The molecule has 1 aliphatic heterocycles. The summed E-state index contributed by atoms with van der Waals surface area (Å²) in [6, 6.07) is -0.671. The van der Waals surface area contributed by atoms with Crippen molar-refractivity contribution in [1.29, 1.82) is 0 Å². The number of nitrogens with one attached hydrogen (secondary N) is 2. The van der Waals surface area contributed by atoms with Gasteiger partial charge in [-0.3, -0.25) is 14.9 Å². The maximum absolute atomic E-state index is 11.9. The van der Waals surface area contributed by atoms with Gasteiger partial charge >= 0.3 is 12.0 Å². The normalized spacial score (nSPS) is 19.2. The lowest BCUT2D eigenvalue weighted by Crippen LogP contribution is -2.67. The number of hydrogen-bond acceptors (Lipinski definition) is 5. The molecular weight excluding hydrogens is 270 g/mol. The summed E-state index contributed by atoms with van der Waals surface area (Å²) in [4.78, 5) is 46.3. The molecule has 0 aromatic carbocycles. The summed E-state index contributed by atoms with van der Waals surface area (Å²) in [5.74, 6) is -2.56. The lowest BCUT2D eigenvalue weighted by Gasteiger charge is -2.39. The Bertz CT molecular complexity index is 447. The maximum atomic E-state index is 11.9. The van der Waals surface area contributed by atoms with E-state index in [1.807, 2.05) is 0 Å². The smallest absolute Gasteiger partial charge is 0.332 e. The van der Waals surface area contributed by atoms with Crippen LogP contribution in [-0.2, 0) is 14.4 Å². The number of aliphatic hydroxyl groups is 1. The molecule has 1 heterocycles. The molecular formula is C11H17N3O6. The molecule has 4 N–H and O–H groups in total. The minimum Gasteiger partial charge on any atom is -0.479 e. The van der Waals surface area contributed by atoms with E-state index in [0.29, 0.717) is 0 Å². The van der Waals surface area contributed by atoms with Crippen LogP contribution < -0.4 is 10.6 Å². The van der Waals surface area contributed by atoms with Crippen molar-refractivity contribution in [3.63, 3.8) is 0 Å². The van der Waals surface area contributed by atoms with E-state index < -0.39 is 35.5 Å². The van der Waals surface area contributed by atoms with Gasteiger partial charge in [-0.1, -0.05) is 0 Å². The monoisotopic (exact) mass is 287 g/mol. The number of hydrogen-bond donors (Lipinski definition) is 4. The average molecular weight is 287 g/mol. The highest BCUT2D eigenvalue weighted by Crippen LogP contribution is 2.17. The molecule has 0 aliphatic carbocycles. The molecule has 0 aromatic rings. The lowest BCUT2D eigenvalue weighted by atomic mass is 9.99. The van der Waals surface area contributed by atoms with Crippen LogP contribution in [0.15, 0.2) is 0 Å². The van der Waals surface area contributed by atoms with Crippen LogP contribution in [0.5, 0.6) is 0 Å². The van der Waals surface area contributed by atoms with Crippen LogP contribution in [0, 0.1) is 0 Å². The highest BCUT2D eigenvalue weighted by atomic mass is 16.4. The Hall–Kier alpha value is -2.16. The van der Waals surface area contributed by atoms with Crippen LogP contribution in [0.1, 0.15) is 20.3 Å². The maximum Gasteiger partial charge on any atom is 0.332 e. The van der Waals surface area contributed by atoms with Gasteiger partial charge in [-0.2, -0.15) is 0 Å². The quantitative estimate of drug-likeness (QED) is 0.453. The Labute approximate surface area is 114 Å². The summed E-state index contributed by atoms with van der Waals surface area (Å²) in [5, 5.41) is 22.0. The molecule has 9 heteroatoms. The molecule has 0 saturated carbocycles. The molecule has 0 aromatic heterocycles. The third-order valence-corrected chi connectivity index (χ3v) is 3.01. The summed E-state index contributed by atoms with van der Waals surface area (Å²) in [6.45, 7) is 2.61. The average Bonchev–Trinajstić information content (AvgIpc) is 2.33. The van der Waals surface area contributed by atoms with Gasteiger partial charge in [0.2, 0.25) is 5.91 Å². The van der Waals surface area contributed by atoms with Gasteiger partial charge in [-0.15, -0.1) is 0 Å². The summed E-state index contributed by atoms with van der Waals surface area (Å²) in [7, 11) is 0. The first kappa shape index (κ1) is 15.9. The molecule has 1 fully saturated rings. The zero-order chi connectivity index (χ0) is 15.5. The van der Waals surface area contributed by atoms with Crippen molar-refractivity contribution in [2.75, 3.05) is 13.1 Å². The summed E-state index contributed by atoms with van der Waals surface area (Å²) in [5.41, 5.74) is -1.19. The number of carboxylic acids is 1. The lowest BCUT2D eigenvalue weighted by molar-refractivity contribution is -0.146. The van der Waals surface area contributed by atoms with E-state index >= 15 is 0 Å². The van der Waals surface area contributed by atoms with Crippen LogP contribution >= 0.6 is 0 Å². The van der Waals surface area contributed by atoms with Crippen molar-refractivity contribution in [2.45, 2.75) is 31.9 Å². The number of aliphatic hydroxyl groups excluding tert-OH is 1. The Balaban J connectivity index is 2.59. The van der Waals surface area contributed by atoms with Gasteiger partial charge in [0.05, 0.1) is 0 Å². The Morgan fingerprint density at radius 3 is 2.60 bits per heavy atom. The minimum atomic E-state index is -1.57. The fourth-order valence-electron chi connectivity index (χ4n) is 1.64. The van der Waals surface area contributed by atoms with E-state index in [-0.39, 0.29) is 19.5 Å². The van der Waals surface area contributed by atoms with E-state index in [2.05, 4.69) is 10.6 Å². The van der Waals surface area contributed by atoms with Gasteiger partial charge in [0, 0.05) is 13.0 Å². The minimum absolute atomic E-state index is 0.0886. The van der Waals surface area contributed by atoms with Crippen LogP contribution in [0.2, 0.25) is 0 Å². The van der Waals surface area contributed by atoms with Crippen molar-refractivity contribution in [3.05, 3.63) is 0 Å². The predicted octanol–water partition coefficient (Wildman–Crippen LogP) is -1.73. The van der Waals surface area contributed by atoms with Gasteiger partial charge in [-0.05, 0) is 13.8 Å². The Morgan fingerprint density at radius 2 is 2.05 bits per heavy atom. The number of nitrogens with zero attached hydrogens (tertiary/aromatic N) is 1. The van der Waals surface area contributed by atoms with E-state index in [1.54, 1.807) is 0 Å². The van der Waals surface area contributed by atoms with Crippen molar-refractivity contribution < 1.29 is 29.4 Å². The van der Waals surface area contributed by atoms with Crippen molar-refractivity contribution in [1.82, 2.24) is 15.5 Å². The molecule has 1 saturated heterocycles. The van der Waals surface area contributed by atoms with Gasteiger partial charge < -0.3 is 20.4 Å². The van der Waals surface area contributed by atoms with E-state index in [9.17, 15) is 19.2 Å². The molecule has 4 amide bonds. The van der Waals surface area contributed by atoms with Crippen LogP contribution in [0.3, 0.4) is 0 Å². The van der Waals surface area contributed by atoms with Gasteiger partial charge in [0.15, 0.2) is 6.10 Å². The van der Waals surface area contributed by atoms with E-state index in [0.717, 1.165) is 4.90 Å². The standard InChI is InChI=1S/C11H17N3O6/c1-11(2)9(19)13-7(16)5-14(11)10(20)12-4-3-6(15)8(17)18/h6,15H,3-5H2,1-2H3,(H,12,20)(H,17,18)(H,13,16,19)/t6-/m0/s1. The summed E-state index contributed by atoms with van der Waals surface area (Å²) >= 11 is 0. The first-order valence-electron chi connectivity index (χ1n) is 5.97. The fraction of sp³-hybridized carbons (Fsp3) is 0.636. The Kier molecular flexibility index (Phi) is 4.66. The van der Waals surface area contributed by atoms with E-state index in [1.165, 1.54) is 13.8 Å². The number of carboxylic acid groups (broad SMARTS) is 1. The molecule has 9 nitrogen and oxygen atoms in total. The Morgan fingerprint density at radius 1 is 1.45 bits per heavy atom. The molecule has 0 spiro atoms.